The number of carbonyl (C=O) groups is 2. The zero-order valence-electron chi connectivity index (χ0n) is 12.6. The third-order valence-corrected chi connectivity index (χ3v) is 4.09. The summed E-state index contributed by atoms with van der Waals surface area (Å²) in [6, 6.07) is 1.67. The first kappa shape index (κ1) is 17.0. The third-order valence-electron chi connectivity index (χ3n) is 4.09. The van der Waals surface area contributed by atoms with Gasteiger partial charge in [0.15, 0.2) is 5.57 Å². The Bertz CT molecular complexity index is 478. The summed E-state index contributed by atoms with van der Waals surface area (Å²) < 4.78 is 0. The molecule has 0 atom stereocenters. The Hall–Kier alpha value is -2.03. The van der Waals surface area contributed by atoms with E-state index < -0.39 is 17.4 Å². The Labute approximate surface area is 124 Å². The summed E-state index contributed by atoms with van der Waals surface area (Å²) in [7, 11) is 0. The molecule has 0 aliphatic heterocycles. The molecule has 6 nitrogen and oxygen atoms in total. The maximum absolute atomic E-state index is 12.5. The summed E-state index contributed by atoms with van der Waals surface area (Å²) in [5, 5.41) is 28.2. The van der Waals surface area contributed by atoms with Gasteiger partial charge in [-0.2, -0.15) is 5.26 Å². The molecule has 6 heteroatoms. The highest BCUT2D eigenvalue weighted by molar-refractivity contribution is 6.00. The molecule has 1 aliphatic carbocycles. The number of amides is 1. The standard InChI is InChI=1S/C15H22N2O4/c1-3-17(13(19)12(10-16)11(2)18)15(14(20)21)8-6-4-5-7-9-15/h18H,3-9H2,1-2H3,(H,20,21). The lowest BCUT2D eigenvalue weighted by Crippen LogP contribution is -2.57. The van der Waals surface area contributed by atoms with Crippen LogP contribution in [0.2, 0.25) is 0 Å². The maximum Gasteiger partial charge on any atom is 0.329 e. The first-order valence-corrected chi connectivity index (χ1v) is 7.26. The second-order valence-corrected chi connectivity index (χ2v) is 5.37. The summed E-state index contributed by atoms with van der Waals surface area (Å²) in [5.41, 5.74) is -1.67. The zero-order chi connectivity index (χ0) is 16.0. The second-order valence-electron chi connectivity index (χ2n) is 5.37. The predicted molar refractivity (Wildman–Crippen MR) is 76.4 cm³/mol. The van der Waals surface area contributed by atoms with Crippen LogP contribution >= 0.6 is 0 Å². The Balaban J connectivity index is 3.26. The van der Waals surface area contributed by atoms with Crippen LogP contribution in [0.25, 0.3) is 0 Å². The van der Waals surface area contributed by atoms with E-state index >= 15 is 0 Å². The zero-order valence-corrected chi connectivity index (χ0v) is 12.6. The Morgan fingerprint density at radius 2 is 1.71 bits per heavy atom. The smallest absolute Gasteiger partial charge is 0.329 e. The number of aliphatic hydroxyl groups is 1. The topological polar surface area (TPSA) is 102 Å². The summed E-state index contributed by atoms with van der Waals surface area (Å²) in [6.45, 7) is 3.13. The SMILES string of the molecule is CCN(C(=O)C(C#N)=C(C)O)C1(C(=O)O)CCCCCC1. The van der Waals surface area contributed by atoms with E-state index in [4.69, 9.17) is 5.26 Å². The number of hydrogen-bond acceptors (Lipinski definition) is 4. The number of likely N-dealkylation sites (N-methyl/N-ethyl adjacent to an activating group) is 1. The van der Waals surface area contributed by atoms with E-state index in [1.165, 1.54) is 11.8 Å². The molecule has 1 rings (SSSR count). The van der Waals surface area contributed by atoms with Crippen LogP contribution in [0.3, 0.4) is 0 Å². The van der Waals surface area contributed by atoms with Gasteiger partial charge in [-0.25, -0.2) is 4.79 Å². The first-order valence-electron chi connectivity index (χ1n) is 7.26. The largest absolute Gasteiger partial charge is 0.511 e. The molecule has 21 heavy (non-hydrogen) atoms. The fraction of sp³-hybridized carbons (Fsp3) is 0.667. The minimum atomic E-state index is -1.28. The van der Waals surface area contributed by atoms with Gasteiger partial charge in [0.05, 0.1) is 0 Å². The molecule has 0 unspecified atom stereocenters. The van der Waals surface area contributed by atoms with E-state index in [0.717, 1.165) is 25.7 Å². The van der Waals surface area contributed by atoms with Crippen LogP contribution in [0.1, 0.15) is 52.4 Å². The molecule has 1 saturated carbocycles. The molecule has 0 radical (unpaired) electrons. The van der Waals surface area contributed by atoms with Gasteiger partial charge in [0.2, 0.25) is 0 Å². The van der Waals surface area contributed by atoms with Crippen molar-refractivity contribution in [3.63, 3.8) is 0 Å². The first-order chi connectivity index (χ1) is 9.90. The number of allylic oxidation sites excluding steroid dienone is 1. The monoisotopic (exact) mass is 294 g/mol. The summed E-state index contributed by atoms with van der Waals surface area (Å²) in [5.74, 6) is -2.12. The van der Waals surface area contributed by atoms with Gasteiger partial charge in [-0.15, -0.1) is 0 Å². The van der Waals surface area contributed by atoms with Crippen LogP contribution in [-0.2, 0) is 9.59 Å². The van der Waals surface area contributed by atoms with Crippen molar-refractivity contribution in [2.45, 2.75) is 57.9 Å². The number of aliphatic hydroxyl groups excluding tert-OH is 1. The minimum absolute atomic E-state index is 0.184. The normalized spacial score (nSPS) is 18.9. The lowest BCUT2D eigenvalue weighted by molar-refractivity contribution is -0.159. The van der Waals surface area contributed by atoms with Crippen molar-refractivity contribution in [1.29, 1.82) is 5.26 Å². The average molecular weight is 294 g/mol. The van der Waals surface area contributed by atoms with Crippen LogP contribution in [-0.4, -0.2) is 39.1 Å². The van der Waals surface area contributed by atoms with Gasteiger partial charge in [-0.3, -0.25) is 4.79 Å². The molecule has 1 amide bonds. The molecule has 0 aromatic carbocycles. The molecule has 0 aromatic heterocycles. The molecule has 0 heterocycles. The van der Waals surface area contributed by atoms with Crippen LogP contribution < -0.4 is 0 Å². The van der Waals surface area contributed by atoms with Gasteiger partial charge in [0.25, 0.3) is 5.91 Å². The van der Waals surface area contributed by atoms with Crippen LogP contribution in [0.4, 0.5) is 0 Å². The van der Waals surface area contributed by atoms with Crippen LogP contribution in [0.15, 0.2) is 11.3 Å². The van der Waals surface area contributed by atoms with E-state index in [0.29, 0.717) is 12.8 Å². The van der Waals surface area contributed by atoms with Crippen molar-refractivity contribution < 1.29 is 19.8 Å². The summed E-state index contributed by atoms with van der Waals surface area (Å²) >= 11 is 0. The third kappa shape index (κ3) is 3.35. The van der Waals surface area contributed by atoms with Crippen LogP contribution in [0.5, 0.6) is 0 Å². The van der Waals surface area contributed by atoms with Gasteiger partial charge in [-0.05, 0) is 26.7 Å². The highest BCUT2D eigenvalue weighted by Gasteiger charge is 2.46. The number of carboxylic acid groups (broad SMARTS) is 1. The number of aliphatic carboxylic acids is 1. The van der Waals surface area contributed by atoms with Gasteiger partial charge < -0.3 is 15.1 Å². The molecule has 2 N–H and O–H groups in total. The van der Waals surface area contributed by atoms with Crippen molar-refractivity contribution in [3.05, 3.63) is 11.3 Å². The molecule has 1 fully saturated rings. The lowest BCUT2D eigenvalue weighted by Gasteiger charge is -2.39. The van der Waals surface area contributed by atoms with Gasteiger partial charge >= 0.3 is 5.97 Å². The van der Waals surface area contributed by atoms with Crippen molar-refractivity contribution >= 4 is 11.9 Å². The van der Waals surface area contributed by atoms with E-state index in [1.807, 2.05) is 0 Å². The van der Waals surface area contributed by atoms with Gasteiger partial charge in [-0.1, -0.05) is 25.7 Å². The van der Waals surface area contributed by atoms with E-state index in [9.17, 15) is 19.8 Å². The molecule has 0 saturated heterocycles. The fourth-order valence-corrected chi connectivity index (χ4v) is 2.97. The van der Waals surface area contributed by atoms with E-state index in [-0.39, 0.29) is 17.9 Å². The van der Waals surface area contributed by atoms with Crippen molar-refractivity contribution in [1.82, 2.24) is 4.90 Å². The molecular weight excluding hydrogens is 272 g/mol. The molecule has 116 valence electrons. The van der Waals surface area contributed by atoms with Crippen LogP contribution in [0, 0.1) is 11.3 Å². The molecular formula is C15H22N2O4. The Morgan fingerprint density at radius 1 is 1.19 bits per heavy atom. The number of carboxylic acids is 1. The fourth-order valence-electron chi connectivity index (χ4n) is 2.97. The predicted octanol–water partition coefficient (Wildman–Crippen LogP) is 2.37. The number of rotatable bonds is 4. The molecule has 1 aliphatic rings. The van der Waals surface area contributed by atoms with E-state index in [1.54, 1.807) is 13.0 Å². The number of carbonyl (C=O) groups excluding carboxylic acids is 1. The number of nitrogens with zero attached hydrogens (tertiary/aromatic N) is 2. The van der Waals surface area contributed by atoms with Crippen molar-refractivity contribution in [3.8, 4) is 6.07 Å². The van der Waals surface area contributed by atoms with Crippen molar-refractivity contribution in [2.24, 2.45) is 0 Å². The average Bonchev–Trinajstić information content (AvgIpc) is 2.67. The second kappa shape index (κ2) is 7.11. The van der Waals surface area contributed by atoms with Crippen molar-refractivity contribution in [2.75, 3.05) is 6.54 Å². The van der Waals surface area contributed by atoms with Gasteiger partial charge in [0.1, 0.15) is 17.4 Å². The van der Waals surface area contributed by atoms with E-state index in [2.05, 4.69) is 0 Å². The lowest BCUT2D eigenvalue weighted by atomic mass is 9.87. The molecule has 0 spiro atoms. The minimum Gasteiger partial charge on any atom is -0.511 e. The Morgan fingerprint density at radius 3 is 2.05 bits per heavy atom. The number of hydrogen-bond donors (Lipinski definition) is 2. The maximum atomic E-state index is 12.5. The highest BCUT2D eigenvalue weighted by Crippen LogP contribution is 2.34. The highest BCUT2D eigenvalue weighted by atomic mass is 16.4. The number of nitriles is 1. The summed E-state index contributed by atoms with van der Waals surface area (Å²) in [6.07, 6.45) is 4.12. The molecule has 0 bridgehead atoms. The van der Waals surface area contributed by atoms with Gasteiger partial charge in [0, 0.05) is 6.54 Å². The quantitative estimate of drug-likeness (QED) is 0.359. The Kier molecular flexibility index (Phi) is 5.77. The molecule has 0 aromatic rings. The summed E-state index contributed by atoms with van der Waals surface area (Å²) in [4.78, 5) is 25.6.